The lowest BCUT2D eigenvalue weighted by Gasteiger charge is -2.37. The SMILES string of the molecule is COC(OC)(OC)C1COCCO1. The van der Waals surface area contributed by atoms with E-state index in [4.69, 9.17) is 23.7 Å². The zero-order valence-corrected chi connectivity index (χ0v) is 8.24. The molecule has 1 aliphatic rings. The van der Waals surface area contributed by atoms with Crippen LogP contribution in [0, 0.1) is 0 Å². The topological polar surface area (TPSA) is 46.2 Å². The van der Waals surface area contributed by atoms with Gasteiger partial charge in [-0.15, -0.1) is 0 Å². The first-order valence-corrected chi connectivity index (χ1v) is 4.14. The molecule has 1 saturated heterocycles. The lowest BCUT2D eigenvalue weighted by Crippen LogP contribution is -2.53. The zero-order chi connectivity index (χ0) is 9.73. The fourth-order valence-corrected chi connectivity index (χ4v) is 1.34. The van der Waals surface area contributed by atoms with Crippen molar-refractivity contribution in [3.63, 3.8) is 0 Å². The number of ether oxygens (including phenoxy) is 5. The predicted molar refractivity (Wildman–Crippen MR) is 44.3 cm³/mol. The molecule has 0 radical (unpaired) electrons. The van der Waals surface area contributed by atoms with Crippen molar-refractivity contribution in [3.05, 3.63) is 0 Å². The fourth-order valence-electron chi connectivity index (χ4n) is 1.34. The number of hydrogen-bond acceptors (Lipinski definition) is 5. The summed E-state index contributed by atoms with van der Waals surface area (Å²) in [4.78, 5) is 0. The average Bonchev–Trinajstić information content (AvgIpc) is 2.23. The van der Waals surface area contributed by atoms with Gasteiger partial charge in [0.1, 0.15) is 0 Å². The minimum atomic E-state index is -1.15. The van der Waals surface area contributed by atoms with Gasteiger partial charge >= 0.3 is 5.97 Å². The molecule has 1 heterocycles. The molecule has 1 unspecified atom stereocenters. The molecule has 13 heavy (non-hydrogen) atoms. The predicted octanol–water partition coefficient (Wildman–Crippen LogP) is -0.00520. The third-order valence-electron chi connectivity index (χ3n) is 2.06. The van der Waals surface area contributed by atoms with E-state index >= 15 is 0 Å². The Bertz CT molecular complexity index is 131. The maximum absolute atomic E-state index is 5.42. The molecule has 5 heteroatoms. The molecule has 1 rings (SSSR count). The second kappa shape index (κ2) is 4.88. The smallest absolute Gasteiger partial charge is 0.312 e. The number of hydrogen-bond donors (Lipinski definition) is 0. The van der Waals surface area contributed by atoms with E-state index in [9.17, 15) is 0 Å². The molecule has 78 valence electrons. The molecule has 0 aliphatic carbocycles. The van der Waals surface area contributed by atoms with E-state index in [2.05, 4.69) is 0 Å². The van der Waals surface area contributed by atoms with Crippen LogP contribution in [0.1, 0.15) is 0 Å². The van der Waals surface area contributed by atoms with Crippen molar-refractivity contribution in [3.8, 4) is 0 Å². The number of methoxy groups -OCH3 is 3. The van der Waals surface area contributed by atoms with Gasteiger partial charge in [0, 0.05) is 21.3 Å². The van der Waals surface area contributed by atoms with E-state index < -0.39 is 5.97 Å². The highest BCUT2D eigenvalue weighted by atomic mass is 16.9. The molecule has 0 saturated carbocycles. The Morgan fingerprint density at radius 1 is 1.08 bits per heavy atom. The van der Waals surface area contributed by atoms with Gasteiger partial charge in [-0.05, 0) is 0 Å². The molecule has 0 aromatic rings. The second-order valence-electron chi connectivity index (χ2n) is 2.65. The van der Waals surface area contributed by atoms with Gasteiger partial charge in [0.15, 0.2) is 6.10 Å². The van der Waals surface area contributed by atoms with Gasteiger partial charge in [-0.2, -0.15) is 0 Å². The Balaban J connectivity index is 2.60. The lowest BCUT2D eigenvalue weighted by molar-refractivity contribution is -0.404. The van der Waals surface area contributed by atoms with Crippen LogP contribution >= 0.6 is 0 Å². The van der Waals surface area contributed by atoms with Crippen LogP contribution in [-0.2, 0) is 23.7 Å². The molecule has 0 aromatic heterocycles. The maximum atomic E-state index is 5.42. The van der Waals surface area contributed by atoms with Crippen LogP contribution in [-0.4, -0.2) is 53.2 Å². The van der Waals surface area contributed by atoms with Crippen molar-refractivity contribution in [2.24, 2.45) is 0 Å². The molecule has 0 spiro atoms. The molecule has 0 aromatic carbocycles. The first kappa shape index (κ1) is 10.9. The summed E-state index contributed by atoms with van der Waals surface area (Å²) in [7, 11) is 4.51. The molecule has 1 fully saturated rings. The van der Waals surface area contributed by atoms with Crippen LogP contribution in [0.25, 0.3) is 0 Å². The summed E-state index contributed by atoms with van der Waals surface area (Å²) in [6.07, 6.45) is -0.346. The van der Waals surface area contributed by atoms with Crippen molar-refractivity contribution < 1.29 is 23.7 Å². The van der Waals surface area contributed by atoms with Crippen LogP contribution in [0.4, 0.5) is 0 Å². The van der Waals surface area contributed by atoms with Crippen LogP contribution in [0.2, 0.25) is 0 Å². The van der Waals surface area contributed by atoms with Crippen LogP contribution < -0.4 is 0 Å². The summed E-state index contributed by atoms with van der Waals surface area (Å²) < 4.78 is 26.0. The van der Waals surface area contributed by atoms with E-state index in [1.807, 2.05) is 0 Å². The van der Waals surface area contributed by atoms with E-state index in [0.29, 0.717) is 19.8 Å². The third kappa shape index (κ3) is 2.18. The van der Waals surface area contributed by atoms with Gasteiger partial charge in [0.25, 0.3) is 0 Å². The van der Waals surface area contributed by atoms with E-state index in [-0.39, 0.29) is 6.10 Å². The third-order valence-corrected chi connectivity index (χ3v) is 2.06. The minimum Gasteiger partial charge on any atom is -0.376 e. The van der Waals surface area contributed by atoms with Crippen LogP contribution in [0.5, 0.6) is 0 Å². The molecule has 0 amide bonds. The Morgan fingerprint density at radius 2 is 1.69 bits per heavy atom. The van der Waals surface area contributed by atoms with Gasteiger partial charge in [-0.3, -0.25) is 0 Å². The Kier molecular flexibility index (Phi) is 4.08. The van der Waals surface area contributed by atoms with Gasteiger partial charge in [0.2, 0.25) is 0 Å². The zero-order valence-electron chi connectivity index (χ0n) is 8.24. The van der Waals surface area contributed by atoms with Crippen molar-refractivity contribution >= 4 is 0 Å². The molecule has 0 N–H and O–H groups in total. The van der Waals surface area contributed by atoms with E-state index in [1.54, 1.807) is 0 Å². The first-order valence-electron chi connectivity index (χ1n) is 4.14. The summed E-state index contributed by atoms with van der Waals surface area (Å²) in [6.45, 7) is 1.54. The van der Waals surface area contributed by atoms with Gasteiger partial charge in [-0.1, -0.05) is 0 Å². The maximum Gasteiger partial charge on any atom is 0.312 e. The molecule has 0 bridgehead atoms. The highest BCUT2D eigenvalue weighted by Gasteiger charge is 2.42. The van der Waals surface area contributed by atoms with Crippen LogP contribution in [0.3, 0.4) is 0 Å². The van der Waals surface area contributed by atoms with Crippen molar-refractivity contribution in [1.82, 2.24) is 0 Å². The highest BCUT2D eigenvalue weighted by Crippen LogP contribution is 2.22. The molecule has 1 aliphatic heterocycles. The van der Waals surface area contributed by atoms with Gasteiger partial charge in [0.05, 0.1) is 19.8 Å². The summed E-state index contributed by atoms with van der Waals surface area (Å²) in [6, 6.07) is 0. The Hall–Kier alpha value is -0.200. The molecular formula is C8H16O5. The summed E-state index contributed by atoms with van der Waals surface area (Å²) in [5.74, 6) is -1.15. The Labute approximate surface area is 77.9 Å². The minimum absolute atomic E-state index is 0.346. The van der Waals surface area contributed by atoms with Crippen molar-refractivity contribution in [2.45, 2.75) is 12.1 Å². The fraction of sp³-hybridized carbons (Fsp3) is 1.00. The number of rotatable bonds is 4. The van der Waals surface area contributed by atoms with Crippen molar-refractivity contribution in [2.75, 3.05) is 41.2 Å². The first-order chi connectivity index (χ1) is 6.29. The molecular weight excluding hydrogens is 176 g/mol. The summed E-state index contributed by atoms with van der Waals surface area (Å²) in [5.41, 5.74) is 0. The second-order valence-corrected chi connectivity index (χ2v) is 2.65. The standard InChI is InChI=1S/C8H16O5/c1-9-8(10-2,11-3)7-6-12-4-5-13-7/h7H,4-6H2,1-3H3. The quantitative estimate of drug-likeness (QED) is 0.586. The highest BCUT2D eigenvalue weighted by molar-refractivity contribution is 4.72. The van der Waals surface area contributed by atoms with Gasteiger partial charge < -0.3 is 23.7 Å². The average molecular weight is 192 g/mol. The van der Waals surface area contributed by atoms with E-state index in [0.717, 1.165) is 0 Å². The largest absolute Gasteiger partial charge is 0.376 e. The monoisotopic (exact) mass is 192 g/mol. The van der Waals surface area contributed by atoms with Gasteiger partial charge in [-0.25, -0.2) is 0 Å². The molecule has 5 nitrogen and oxygen atoms in total. The summed E-state index contributed by atoms with van der Waals surface area (Å²) in [5, 5.41) is 0. The van der Waals surface area contributed by atoms with E-state index in [1.165, 1.54) is 21.3 Å². The van der Waals surface area contributed by atoms with Crippen molar-refractivity contribution in [1.29, 1.82) is 0 Å². The van der Waals surface area contributed by atoms with Crippen LogP contribution in [0.15, 0.2) is 0 Å². The normalized spacial score (nSPS) is 24.7. The summed E-state index contributed by atoms with van der Waals surface area (Å²) >= 11 is 0. The lowest BCUT2D eigenvalue weighted by atomic mass is 10.3. The Morgan fingerprint density at radius 3 is 2.08 bits per heavy atom. The molecule has 1 atom stereocenters.